The molecule has 0 fully saturated rings. The van der Waals surface area contributed by atoms with E-state index in [9.17, 15) is 4.79 Å². The summed E-state index contributed by atoms with van der Waals surface area (Å²) < 4.78 is 2.00. The molecule has 4 nitrogen and oxygen atoms in total. The number of carboxylic acids is 1. The van der Waals surface area contributed by atoms with Gasteiger partial charge in [0.2, 0.25) is 0 Å². The van der Waals surface area contributed by atoms with Gasteiger partial charge in [-0.3, -0.25) is 4.79 Å². The molecule has 0 atom stereocenters. The lowest BCUT2D eigenvalue weighted by atomic mass is 10.1. The van der Waals surface area contributed by atoms with Crippen LogP contribution < -0.4 is 0 Å². The zero-order valence-electron chi connectivity index (χ0n) is 8.44. The molecule has 1 rings (SSSR count). The number of unbranched alkanes of at least 4 members (excludes halogenated alkanes) is 2. The van der Waals surface area contributed by atoms with Crippen LogP contribution in [-0.2, 0) is 18.3 Å². The Morgan fingerprint density at radius 2 is 2.29 bits per heavy atom. The molecule has 0 aliphatic rings. The third-order valence-corrected chi connectivity index (χ3v) is 2.21. The summed E-state index contributed by atoms with van der Waals surface area (Å²) in [6.07, 6.45) is 7.65. The normalized spacial score (nSPS) is 10.4. The smallest absolute Gasteiger partial charge is 0.303 e. The second kappa shape index (κ2) is 5.42. The van der Waals surface area contributed by atoms with Crippen molar-refractivity contribution in [2.24, 2.45) is 7.05 Å². The zero-order valence-corrected chi connectivity index (χ0v) is 8.44. The number of carbonyl (C=O) groups is 1. The lowest BCUT2D eigenvalue weighted by Crippen LogP contribution is -1.98. The fourth-order valence-corrected chi connectivity index (χ4v) is 1.37. The molecule has 0 bridgehead atoms. The molecule has 0 radical (unpaired) electrons. The van der Waals surface area contributed by atoms with Gasteiger partial charge in [0.05, 0.1) is 0 Å². The maximum Gasteiger partial charge on any atom is 0.303 e. The Labute approximate surface area is 83.6 Å². The Hall–Kier alpha value is -1.32. The number of hydrogen-bond donors (Lipinski definition) is 1. The van der Waals surface area contributed by atoms with Crippen LogP contribution in [-0.4, -0.2) is 20.6 Å². The molecule has 1 N–H and O–H groups in total. The van der Waals surface area contributed by atoms with Gasteiger partial charge in [-0.15, -0.1) is 0 Å². The fraction of sp³-hybridized carbons (Fsp3) is 0.600. The van der Waals surface area contributed by atoms with Crippen molar-refractivity contribution in [1.29, 1.82) is 0 Å². The van der Waals surface area contributed by atoms with Gasteiger partial charge in [0.1, 0.15) is 5.82 Å². The zero-order chi connectivity index (χ0) is 10.4. The first-order valence-corrected chi connectivity index (χ1v) is 4.88. The molecule has 78 valence electrons. The van der Waals surface area contributed by atoms with Crippen LogP contribution in [0.1, 0.15) is 31.5 Å². The molecule has 0 aliphatic heterocycles. The summed E-state index contributed by atoms with van der Waals surface area (Å²) in [4.78, 5) is 14.4. The fourth-order valence-electron chi connectivity index (χ4n) is 1.37. The maximum atomic E-state index is 10.2. The van der Waals surface area contributed by atoms with E-state index < -0.39 is 5.97 Å². The number of hydrogen-bond acceptors (Lipinski definition) is 2. The van der Waals surface area contributed by atoms with Crippen molar-refractivity contribution in [3.05, 3.63) is 18.2 Å². The van der Waals surface area contributed by atoms with Crippen LogP contribution in [0.15, 0.2) is 12.4 Å². The van der Waals surface area contributed by atoms with Crippen LogP contribution >= 0.6 is 0 Å². The predicted octanol–water partition coefficient (Wildman–Crippen LogP) is 1.61. The van der Waals surface area contributed by atoms with E-state index in [2.05, 4.69) is 4.98 Å². The minimum absolute atomic E-state index is 0.278. The van der Waals surface area contributed by atoms with E-state index >= 15 is 0 Å². The SMILES string of the molecule is Cn1ccnc1CCCCCC(=O)O. The second-order valence-electron chi connectivity index (χ2n) is 3.41. The number of imidazole rings is 1. The van der Waals surface area contributed by atoms with Crippen molar-refractivity contribution < 1.29 is 9.90 Å². The Morgan fingerprint density at radius 3 is 2.86 bits per heavy atom. The molecular formula is C10H16N2O2. The molecular weight excluding hydrogens is 180 g/mol. The first kappa shape index (κ1) is 10.8. The maximum absolute atomic E-state index is 10.2. The number of nitrogens with zero attached hydrogens (tertiary/aromatic N) is 2. The summed E-state index contributed by atoms with van der Waals surface area (Å²) in [5.74, 6) is 0.363. The van der Waals surface area contributed by atoms with Crippen molar-refractivity contribution in [1.82, 2.24) is 9.55 Å². The Bertz CT molecular complexity index is 294. The summed E-state index contributed by atoms with van der Waals surface area (Å²) >= 11 is 0. The van der Waals surface area contributed by atoms with Crippen molar-refractivity contribution in [3.8, 4) is 0 Å². The van der Waals surface area contributed by atoms with Gasteiger partial charge in [0, 0.05) is 32.3 Å². The Morgan fingerprint density at radius 1 is 1.50 bits per heavy atom. The highest BCUT2D eigenvalue weighted by atomic mass is 16.4. The van der Waals surface area contributed by atoms with E-state index in [4.69, 9.17) is 5.11 Å². The monoisotopic (exact) mass is 196 g/mol. The van der Waals surface area contributed by atoms with Crippen LogP contribution in [0.4, 0.5) is 0 Å². The molecule has 0 unspecified atom stereocenters. The first-order chi connectivity index (χ1) is 6.70. The molecule has 1 aromatic heterocycles. The molecule has 0 saturated carbocycles. The Balaban J connectivity index is 2.10. The second-order valence-corrected chi connectivity index (χ2v) is 3.41. The van der Waals surface area contributed by atoms with Gasteiger partial charge < -0.3 is 9.67 Å². The van der Waals surface area contributed by atoms with Crippen LogP contribution in [0.3, 0.4) is 0 Å². The van der Waals surface area contributed by atoms with Gasteiger partial charge in [-0.2, -0.15) is 0 Å². The van der Waals surface area contributed by atoms with E-state index in [1.54, 1.807) is 6.20 Å². The number of aryl methyl sites for hydroxylation is 2. The van der Waals surface area contributed by atoms with E-state index in [1.807, 2.05) is 17.8 Å². The first-order valence-electron chi connectivity index (χ1n) is 4.88. The van der Waals surface area contributed by atoms with E-state index in [1.165, 1.54) is 0 Å². The third kappa shape index (κ3) is 3.60. The quantitative estimate of drug-likeness (QED) is 0.703. The van der Waals surface area contributed by atoms with Crippen molar-refractivity contribution in [3.63, 3.8) is 0 Å². The van der Waals surface area contributed by atoms with Crippen LogP contribution in [0.2, 0.25) is 0 Å². The van der Waals surface area contributed by atoms with E-state index in [0.717, 1.165) is 31.5 Å². The number of aliphatic carboxylic acids is 1. The molecule has 1 aromatic rings. The van der Waals surface area contributed by atoms with Crippen molar-refractivity contribution >= 4 is 5.97 Å². The van der Waals surface area contributed by atoms with Crippen molar-refractivity contribution in [2.45, 2.75) is 32.1 Å². The highest BCUT2D eigenvalue weighted by Crippen LogP contribution is 2.05. The topological polar surface area (TPSA) is 55.1 Å². The molecule has 0 amide bonds. The lowest BCUT2D eigenvalue weighted by Gasteiger charge is -2.00. The van der Waals surface area contributed by atoms with Crippen molar-refractivity contribution in [2.75, 3.05) is 0 Å². The standard InChI is InChI=1S/C10H16N2O2/c1-12-8-7-11-9(12)5-3-2-4-6-10(13)14/h7-8H,2-6H2,1H3,(H,13,14). The number of carboxylic acid groups (broad SMARTS) is 1. The minimum atomic E-state index is -0.706. The molecule has 0 saturated heterocycles. The molecule has 0 aliphatic carbocycles. The highest BCUT2D eigenvalue weighted by molar-refractivity contribution is 5.66. The summed E-state index contributed by atoms with van der Waals surface area (Å²) in [5.41, 5.74) is 0. The lowest BCUT2D eigenvalue weighted by molar-refractivity contribution is -0.137. The van der Waals surface area contributed by atoms with Gasteiger partial charge in [0.15, 0.2) is 0 Å². The van der Waals surface area contributed by atoms with Gasteiger partial charge in [-0.05, 0) is 12.8 Å². The van der Waals surface area contributed by atoms with E-state index in [-0.39, 0.29) is 6.42 Å². The summed E-state index contributed by atoms with van der Waals surface area (Å²) in [6.45, 7) is 0. The van der Waals surface area contributed by atoms with Gasteiger partial charge in [0.25, 0.3) is 0 Å². The minimum Gasteiger partial charge on any atom is -0.481 e. The van der Waals surface area contributed by atoms with Crippen LogP contribution in [0.25, 0.3) is 0 Å². The van der Waals surface area contributed by atoms with Gasteiger partial charge >= 0.3 is 5.97 Å². The molecule has 14 heavy (non-hydrogen) atoms. The highest BCUT2D eigenvalue weighted by Gasteiger charge is 2.00. The molecule has 0 aromatic carbocycles. The van der Waals surface area contributed by atoms with Gasteiger partial charge in [-0.25, -0.2) is 4.98 Å². The van der Waals surface area contributed by atoms with E-state index in [0.29, 0.717) is 0 Å². The predicted molar refractivity (Wildman–Crippen MR) is 53.0 cm³/mol. The molecule has 0 spiro atoms. The summed E-state index contributed by atoms with van der Waals surface area (Å²) in [5, 5.41) is 8.42. The van der Waals surface area contributed by atoms with Crippen LogP contribution in [0.5, 0.6) is 0 Å². The number of aromatic nitrogens is 2. The van der Waals surface area contributed by atoms with Crippen LogP contribution in [0, 0.1) is 0 Å². The number of rotatable bonds is 6. The van der Waals surface area contributed by atoms with Gasteiger partial charge in [-0.1, -0.05) is 6.42 Å². The molecule has 4 heteroatoms. The Kier molecular flexibility index (Phi) is 4.16. The average Bonchev–Trinajstić information content (AvgIpc) is 2.51. The average molecular weight is 196 g/mol. The molecule has 1 heterocycles. The summed E-state index contributed by atoms with van der Waals surface area (Å²) in [7, 11) is 1.97. The third-order valence-electron chi connectivity index (χ3n) is 2.21. The largest absolute Gasteiger partial charge is 0.481 e. The summed E-state index contributed by atoms with van der Waals surface area (Å²) in [6, 6.07) is 0.